The number of ether oxygens (including phenoxy) is 1. The number of nitrogens with one attached hydrogen (secondary N) is 1. The standard InChI is InChI=1S/C24H28N4O4S/c1-18-15-27(16-19(2)32-18)33(30,31)23-10-8-21(9-11-23)24(29)25-13-12-20-14-26-28(17-20)22-6-4-3-5-7-22/h3-11,14,17-19H,12-13,15-16H2,1-2H3,(H,25,29)/t18-,19+. The Morgan fingerprint density at radius 2 is 1.73 bits per heavy atom. The van der Waals surface area contributed by atoms with Crippen molar-refractivity contribution >= 4 is 15.9 Å². The fraction of sp³-hybridized carbons (Fsp3) is 0.333. The maximum Gasteiger partial charge on any atom is 0.251 e. The lowest BCUT2D eigenvalue weighted by Gasteiger charge is -2.34. The van der Waals surface area contributed by atoms with Gasteiger partial charge in [-0.3, -0.25) is 4.79 Å². The molecule has 0 bridgehead atoms. The molecular formula is C24H28N4O4S. The summed E-state index contributed by atoms with van der Waals surface area (Å²) in [7, 11) is -3.63. The van der Waals surface area contributed by atoms with Gasteiger partial charge < -0.3 is 10.1 Å². The van der Waals surface area contributed by atoms with Gasteiger partial charge in [-0.05, 0) is 62.2 Å². The molecule has 1 aliphatic rings. The summed E-state index contributed by atoms with van der Waals surface area (Å²) < 4.78 is 34.8. The summed E-state index contributed by atoms with van der Waals surface area (Å²) in [6.07, 6.45) is 4.04. The number of rotatable bonds is 7. The largest absolute Gasteiger partial charge is 0.373 e. The van der Waals surface area contributed by atoms with Gasteiger partial charge in [0.05, 0.1) is 29.0 Å². The molecule has 0 aliphatic carbocycles. The van der Waals surface area contributed by atoms with E-state index in [0.717, 1.165) is 11.3 Å². The van der Waals surface area contributed by atoms with Gasteiger partial charge in [-0.25, -0.2) is 13.1 Å². The zero-order chi connectivity index (χ0) is 23.4. The van der Waals surface area contributed by atoms with Gasteiger partial charge in [0.1, 0.15) is 0 Å². The zero-order valence-corrected chi connectivity index (χ0v) is 19.5. The molecule has 8 nitrogen and oxygen atoms in total. The molecule has 2 aromatic carbocycles. The summed E-state index contributed by atoms with van der Waals surface area (Å²) in [6.45, 7) is 4.80. The lowest BCUT2D eigenvalue weighted by Crippen LogP contribution is -2.48. The third-order valence-corrected chi connectivity index (χ3v) is 7.34. The molecule has 174 valence electrons. The average Bonchev–Trinajstić information content (AvgIpc) is 3.28. The molecule has 1 saturated heterocycles. The van der Waals surface area contributed by atoms with E-state index in [1.54, 1.807) is 23.0 Å². The Kier molecular flexibility index (Phi) is 6.92. The Morgan fingerprint density at radius 1 is 1.06 bits per heavy atom. The van der Waals surface area contributed by atoms with E-state index in [0.29, 0.717) is 31.6 Å². The number of aromatic nitrogens is 2. The summed E-state index contributed by atoms with van der Waals surface area (Å²) in [5, 5.41) is 7.24. The second-order valence-electron chi connectivity index (χ2n) is 8.24. The molecule has 0 radical (unpaired) electrons. The number of carbonyl (C=O) groups excluding carboxylic acids is 1. The molecule has 1 aliphatic heterocycles. The van der Waals surface area contributed by atoms with Gasteiger partial charge in [0.25, 0.3) is 5.91 Å². The first-order valence-corrected chi connectivity index (χ1v) is 12.4. The van der Waals surface area contributed by atoms with Crippen molar-refractivity contribution in [1.82, 2.24) is 19.4 Å². The van der Waals surface area contributed by atoms with Crippen LogP contribution in [0.2, 0.25) is 0 Å². The van der Waals surface area contributed by atoms with E-state index in [-0.39, 0.29) is 23.0 Å². The molecular weight excluding hydrogens is 440 g/mol. The van der Waals surface area contributed by atoms with Crippen molar-refractivity contribution in [3.63, 3.8) is 0 Å². The van der Waals surface area contributed by atoms with E-state index in [1.807, 2.05) is 50.4 Å². The average molecular weight is 469 g/mol. The number of morpholine rings is 1. The van der Waals surface area contributed by atoms with Crippen molar-refractivity contribution in [2.24, 2.45) is 0 Å². The molecule has 0 unspecified atom stereocenters. The molecule has 1 amide bonds. The van der Waals surface area contributed by atoms with Crippen LogP contribution in [0, 0.1) is 0 Å². The molecule has 1 fully saturated rings. The number of amides is 1. The number of carbonyl (C=O) groups is 1. The van der Waals surface area contributed by atoms with Crippen LogP contribution in [-0.4, -0.2) is 60.3 Å². The van der Waals surface area contributed by atoms with E-state index in [2.05, 4.69) is 10.4 Å². The van der Waals surface area contributed by atoms with Crippen molar-refractivity contribution in [2.75, 3.05) is 19.6 Å². The lowest BCUT2D eigenvalue weighted by atomic mass is 10.2. The lowest BCUT2D eigenvalue weighted by molar-refractivity contribution is -0.0440. The summed E-state index contributed by atoms with van der Waals surface area (Å²) >= 11 is 0. The van der Waals surface area contributed by atoms with E-state index in [4.69, 9.17) is 4.74 Å². The van der Waals surface area contributed by atoms with Gasteiger partial charge >= 0.3 is 0 Å². The Bertz CT molecular complexity index is 1180. The van der Waals surface area contributed by atoms with Crippen LogP contribution >= 0.6 is 0 Å². The van der Waals surface area contributed by atoms with Crippen LogP contribution in [0.25, 0.3) is 5.69 Å². The summed E-state index contributed by atoms with van der Waals surface area (Å²) in [4.78, 5) is 12.7. The van der Waals surface area contributed by atoms with Gasteiger partial charge in [0.15, 0.2) is 0 Å². The van der Waals surface area contributed by atoms with Crippen LogP contribution in [-0.2, 0) is 21.2 Å². The molecule has 9 heteroatoms. The number of hydrogen-bond donors (Lipinski definition) is 1. The number of para-hydroxylation sites is 1. The number of benzene rings is 2. The molecule has 0 spiro atoms. The van der Waals surface area contributed by atoms with Crippen LogP contribution < -0.4 is 5.32 Å². The molecule has 1 N–H and O–H groups in total. The second-order valence-corrected chi connectivity index (χ2v) is 10.2. The first kappa shape index (κ1) is 23.2. The van der Waals surface area contributed by atoms with Gasteiger partial charge in [-0.1, -0.05) is 18.2 Å². The molecule has 0 saturated carbocycles. The Morgan fingerprint density at radius 3 is 2.39 bits per heavy atom. The molecule has 2 heterocycles. The van der Waals surface area contributed by atoms with Crippen molar-refractivity contribution in [3.8, 4) is 5.69 Å². The maximum absolute atomic E-state index is 13.0. The predicted molar refractivity (Wildman–Crippen MR) is 125 cm³/mol. The fourth-order valence-electron chi connectivity index (χ4n) is 3.89. The zero-order valence-electron chi connectivity index (χ0n) is 18.7. The SMILES string of the molecule is C[C@@H]1CN(S(=O)(=O)c2ccc(C(=O)NCCc3cnn(-c4ccccc4)c3)cc2)C[C@H](C)O1. The first-order chi connectivity index (χ1) is 15.8. The van der Waals surface area contributed by atoms with Crippen LogP contribution in [0.1, 0.15) is 29.8 Å². The van der Waals surface area contributed by atoms with Gasteiger partial charge in [0.2, 0.25) is 10.0 Å². The molecule has 2 atom stereocenters. The quantitative estimate of drug-likeness (QED) is 0.575. The Balaban J connectivity index is 1.33. The molecule has 33 heavy (non-hydrogen) atoms. The predicted octanol–water partition coefficient (Wildman–Crippen LogP) is 2.64. The van der Waals surface area contributed by atoms with Crippen molar-refractivity contribution in [3.05, 3.63) is 78.1 Å². The van der Waals surface area contributed by atoms with Crippen molar-refractivity contribution < 1.29 is 17.9 Å². The number of hydrogen-bond acceptors (Lipinski definition) is 5. The second kappa shape index (κ2) is 9.86. The minimum absolute atomic E-state index is 0.159. The monoisotopic (exact) mass is 468 g/mol. The van der Waals surface area contributed by atoms with Crippen LogP contribution in [0.15, 0.2) is 71.9 Å². The molecule has 1 aromatic heterocycles. The third-order valence-electron chi connectivity index (χ3n) is 5.50. The van der Waals surface area contributed by atoms with E-state index in [9.17, 15) is 13.2 Å². The maximum atomic E-state index is 13.0. The smallest absolute Gasteiger partial charge is 0.251 e. The highest BCUT2D eigenvalue weighted by atomic mass is 32.2. The topological polar surface area (TPSA) is 93.5 Å². The summed E-state index contributed by atoms with van der Waals surface area (Å²) in [5.41, 5.74) is 2.40. The first-order valence-electron chi connectivity index (χ1n) is 11.0. The Hall–Kier alpha value is -3.01. The third kappa shape index (κ3) is 5.50. The van der Waals surface area contributed by atoms with Gasteiger partial charge in [0, 0.05) is 31.4 Å². The summed E-state index contributed by atoms with van der Waals surface area (Å²) in [6, 6.07) is 15.9. The highest BCUT2D eigenvalue weighted by molar-refractivity contribution is 7.89. The van der Waals surface area contributed by atoms with Gasteiger partial charge in [-0.2, -0.15) is 9.40 Å². The van der Waals surface area contributed by atoms with Gasteiger partial charge in [-0.15, -0.1) is 0 Å². The Labute approximate surface area is 194 Å². The van der Waals surface area contributed by atoms with E-state index in [1.165, 1.54) is 16.4 Å². The normalized spacial score (nSPS) is 19.3. The van der Waals surface area contributed by atoms with Crippen LogP contribution in [0.4, 0.5) is 0 Å². The minimum atomic E-state index is -3.63. The summed E-state index contributed by atoms with van der Waals surface area (Å²) in [5.74, 6) is -0.247. The number of sulfonamides is 1. The highest BCUT2D eigenvalue weighted by Gasteiger charge is 2.32. The number of nitrogens with zero attached hydrogens (tertiary/aromatic N) is 3. The minimum Gasteiger partial charge on any atom is -0.373 e. The van der Waals surface area contributed by atoms with E-state index >= 15 is 0 Å². The molecule has 4 rings (SSSR count). The van der Waals surface area contributed by atoms with Crippen LogP contribution in [0.3, 0.4) is 0 Å². The van der Waals surface area contributed by atoms with E-state index < -0.39 is 10.0 Å². The van der Waals surface area contributed by atoms with Crippen molar-refractivity contribution in [1.29, 1.82) is 0 Å². The van der Waals surface area contributed by atoms with Crippen LogP contribution in [0.5, 0.6) is 0 Å². The molecule has 3 aromatic rings. The fourth-order valence-corrected chi connectivity index (χ4v) is 5.48. The highest BCUT2D eigenvalue weighted by Crippen LogP contribution is 2.21. The van der Waals surface area contributed by atoms with Crippen molar-refractivity contribution in [2.45, 2.75) is 37.4 Å².